The molecule has 0 atom stereocenters. The van der Waals surface area contributed by atoms with Crippen molar-refractivity contribution in [2.75, 3.05) is 26.9 Å². The predicted octanol–water partition coefficient (Wildman–Crippen LogP) is 0.0937. The number of hydrogen-bond donors (Lipinski definition) is 2. The quantitative estimate of drug-likeness (QED) is 0.508. The highest BCUT2D eigenvalue weighted by atomic mass is 16.7. The Balaban J connectivity index is 2.07. The van der Waals surface area contributed by atoms with E-state index in [-0.39, 0.29) is 37.1 Å². The Bertz CT molecular complexity index is 364. The van der Waals surface area contributed by atoms with Crippen molar-refractivity contribution in [3.8, 4) is 0 Å². The van der Waals surface area contributed by atoms with Crippen molar-refractivity contribution in [2.45, 2.75) is 6.42 Å². The Morgan fingerprint density at radius 3 is 2.89 bits per heavy atom. The van der Waals surface area contributed by atoms with Gasteiger partial charge in [0.25, 0.3) is 5.91 Å². The van der Waals surface area contributed by atoms with Crippen molar-refractivity contribution in [1.29, 1.82) is 0 Å². The molecule has 0 spiro atoms. The highest BCUT2D eigenvalue weighted by molar-refractivity contribution is 5.91. The van der Waals surface area contributed by atoms with E-state index in [4.69, 9.17) is 14.0 Å². The zero-order valence-electron chi connectivity index (χ0n) is 10.1. The van der Waals surface area contributed by atoms with E-state index in [9.17, 15) is 9.59 Å². The van der Waals surface area contributed by atoms with Crippen LogP contribution in [0, 0.1) is 0 Å². The number of methoxy groups -OCH3 is 1. The molecule has 7 heteroatoms. The number of nitrogens with one attached hydrogen (secondary N) is 2. The Morgan fingerprint density at radius 2 is 2.22 bits per heavy atom. The van der Waals surface area contributed by atoms with E-state index in [0.29, 0.717) is 6.61 Å². The zero-order valence-corrected chi connectivity index (χ0v) is 10.1. The van der Waals surface area contributed by atoms with Crippen LogP contribution in [0.1, 0.15) is 17.0 Å². The van der Waals surface area contributed by atoms with Crippen molar-refractivity contribution in [3.63, 3.8) is 0 Å². The first-order valence-electron chi connectivity index (χ1n) is 5.45. The maximum Gasteiger partial charge on any atom is 0.286 e. The summed E-state index contributed by atoms with van der Waals surface area (Å²) in [7, 11) is 1.54. The summed E-state index contributed by atoms with van der Waals surface area (Å²) in [5.74, 6) is -0.453. The van der Waals surface area contributed by atoms with Crippen LogP contribution >= 0.6 is 0 Å². The average Bonchev–Trinajstić information content (AvgIpc) is 2.88. The third-order valence-electron chi connectivity index (χ3n) is 1.96. The maximum absolute atomic E-state index is 11.4. The average molecular weight is 256 g/mol. The van der Waals surface area contributed by atoms with Gasteiger partial charge in [-0.2, -0.15) is 0 Å². The monoisotopic (exact) mass is 256 g/mol. The van der Waals surface area contributed by atoms with Gasteiger partial charge < -0.3 is 14.5 Å². The Morgan fingerprint density at radius 1 is 1.39 bits per heavy atom. The van der Waals surface area contributed by atoms with Crippen molar-refractivity contribution in [1.82, 2.24) is 10.8 Å². The van der Waals surface area contributed by atoms with Gasteiger partial charge in [-0.15, -0.1) is 0 Å². The predicted molar refractivity (Wildman–Crippen MR) is 61.6 cm³/mol. The van der Waals surface area contributed by atoms with Crippen LogP contribution in [0.2, 0.25) is 0 Å². The number of rotatable bonds is 8. The minimum absolute atomic E-state index is 0.124. The fourth-order valence-electron chi connectivity index (χ4n) is 1.09. The molecule has 18 heavy (non-hydrogen) atoms. The van der Waals surface area contributed by atoms with E-state index in [1.807, 2.05) is 0 Å². The maximum atomic E-state index is 11.4. The van der Waals surface area contributed by atoms with Crippen LogP contribution in [0.4, 0.5) is 0 Å². The van der Waals surface area contributed by atoms with Gasteiger partial charge in [-0.1, -0.05) is 0 Å². The summed E-state index contributed by atoms with van der Waals surface area (Å²) in [6.07, 6.45) is 1.53. The summed E-state index contributed by atoms with van der Waals surface area (Å²) in [6.45, 7) is 0.884. The summed E-state index contributed by atoms with van der Waals surface area (Å²) in [5, 5.41) is 2.54. The van der Waals surface area contributed by atoms with Gasteiger partial charge in [-0.25, -0.2) is 5.48 Å². The van der Waals surface area contributed by atoms with Gasteiger partial charge in [-0.05, 0) is 12.1 Å². The number of carbonyl (C=O) groups is 2. The first kappa shape index (κ1) is 14.2. The Labute approximate surface area is 104 Å². The van der Waals surface area contributed by atoms with E-state index in [1.165, 1.54) is 13.4 Å². The van der Waals surface area contributed by atoms with Gasteiger partial charge >= 0.3 is 0 Å². The van der Waals surface area contributed by atoms with Crippen molar-refractivity contribution < 1.29 is 23.6 Å². The second kappa shape index (κ2) is 8.26. The van der Waals surface area contributed by atoms with E-state index in [2.05, 4.69) is 10.8 Å². The molecule has 0 unspecified atom stereocenters. The lowest BCUT2D eigenvalue weighted by Gasteiger charge is -2.05. The highest BCUT2D eigenvalue weighted by Gasteiger charge is 2.08. The minimum Gasteiger partial charge on any atom is -0.459 e. The van der Waals surface area contributed by atoms with Crippen molar-refractivity contribution in [3.05, 3.63) is 24.2 Å². The molecule has 2 amide bonds. The summed E-state index contributed by atoms with van der Waals surface area (Å²) >= 11 is 0. The second-order valence-electron chi connectivity index (χ2n) is 3.35. The first-order valence-corrected chi connectivity index (χ1v) is 5.45. The molecule has 1 heterocycles. The number of amides is 2. The Kier molecular flexibility index (Phi) is 6.52. The van der Waals surface area contributed by atoms with E-state index < -0.39 is 0 Å². The molecule has 0 aliphatic rings. The van der Waals surface area contributed by atoms with Crippen LogP contribution in [0.5, 0.6) is 0 Å². The first-order chi connectivity index (χ1) is 8.74. The van der Waals surface area contributed by atoms with Crippen molar-refractivity contribution in [2.24, 2.45) is 0 Å². The van der Waals surface area contributed by atoms with Crippen LogP contribution in [-0.4, -0.2) is 38.7 Å². The number of ether oxygens (including phenoxy) is 1. The third kappa shape index (κ3) is 5.46. The molecule has 0 aliphatic heterocycles. The molecule has 2 N–H and O–H groups in total. The largest absolute Gasteiger partial charge is 0.459 e. The molecular formula is C11H16N2O5. The lowest BCUT2D eigenvalue weighted by Crippen LogP contribution is -2.31. The normalized spacial score (nSPS) is 10.1. The summed E-state index contributed by atoms with van der Waals surface area (Å²) in [6, 6.07) is 3.16. The standard InChI is InChI=1S/C11H16N2O5/c1-16-7-8-18-13-10(14)4-5-12-11(15)9-3-2-6-17-9/h2-3,6H,4-5,7-8H2,1H3,(H,12,15)(H,13,14). The van der Waals surface area contributed by atoms with Gasteiger partial charge in [0.05, 0.1) is 19.5 Å². The third-order valence-corrected chi connectivity index (χ3v) is 1.96. The zero-order chi connectivity index (χ0) is 13.2. The molecule has 1 aromatic heterocycles. The fourth-order valence-corrected chi connectivity index (χ4v) is 1.09. The second-order valence-corrected chi connectivity index (χ2v) is 3.35. The molecule has 0 bridgehead atoms. The van der Waals surface area contributed by atoms with E-state index in [0.717, 1.165) is 0 Å². The number of hydroxylamine groups is 1. The molecule has 0 radical (unpaired) electrons. The SMILES string of the molecule is COCCONC(=O)CCNC(=O)c1ccco1. The molecule has 7 nitrogen and oxygen atoms in total. The van der Waals surface area contributed by atoms with Gasteiger partial charge in [0, 0.05) is 20.1 Å². The van der Waals surface area contributed by atoms with E-state index >= 15 is 0 Å². The molecule has 0 aromatic carbocycles. The van der Waals surface area contributed by atoms with Crippen LogP contribution in [0.25, 0.3) is 0 Å². The van der Waals surface area contributed by atoms with Gasteiger partial charge in [-0.3, -0.25) is 14.4 Å². The van der Waals surface area contributed by atoms with E-state index in [1.54, 1.807) is 12.1 Å². The molecule has 0 aliphatic carbocycles. The smallest absolute Gasteiger partial charge is 0.286 e. The van der Waals surface area contributed by atoms with Crippen molar-refractivity contribution >= 4 is 11.8 Å². The number of furan rings is 1. The molecule has 0 saturated carbocycles. The lowest BCUT2D eigenvalue weighted by atomic mass is 10.4. The fraction of sp³-hybridized carbons (Fsp3) is 0.455. The molecule has 0 fully saturated rings. The van der Waals surface area contributed by atoms with Crippen LogP contribution in [0.15, 0.2) is 22.8 Å². The lowest BCUT2D eigenvalue weighted by molar-refractivity contribution is -0.134. The molecule has 1 aromatic rings. The summed E-state index contributed by atoms with van der Waals surface area (Å²) in [4.78, 5) is 27.4. The van der Waals surface area contributed by atoms with Crippen LogP contribution in [-0.2, 0) is 14.4 Å². The Hall–Kier alpha value is -1.86. The minimum atomic E-state index is -0.354. The number of carbonyl (C=O) groups excluding carboxylic acids is 2. The van der Waals surface area contributed by atoms with Gasteiger partial charge in [0.1, 0.15) is 0 Å². The molecule has 0 saturated heterocycles. The molecule has 1 rings (SSSR count). The summed E-state index contributed by atoms with van der Waals surface area (Å²) < 4.78 is 9.63. The highest BCUT2D eigenvalue weighted by Crippen LogP contribution is 1.98. The number of hydrogen-bond acceptors (Lipinski definition) is 5. The molecular weight excluding hydrogens is 240 g/mol. The summed E-state index contributed by atoms with van der Waals surface area (Å²) in [5.41, 5.74) is 2.23. The van der Waals surface area contributed by atoms with Gasteiger partial charge in [0.2, 0.25) is 5.91 Å². The van der Waals surface area contributed by atoms with Gasteiger partial charge in [0.15, 0.2) is 5.76 Å². The molecule has 100 valence electrons. The van der Waals surface area contributed by atoms with Crippen LogP contribution < -0.4 is 10.8 Å². The topological polar surface area (TPSA) is 89.8 Å². The van der Waals surface area contributed by atoms with Crippen LogP contribution in [0.3, 0.4) is 0 Å².